The van der Waals surface area contributed by atoms with Crippen molar-refractivity contribution < 1.29 is 22.4 Å². The number of nitrogens with one attached hydrogen (secondary N) is 1. The van der Waals surface area contributed by atoms with Crippen LogP contribution < -0.4 is 9.62 Å². The number of halogens is 2. The first-order chi connectivity index (χ1) is 17.0. The summed E-state index contributed by atoms with van der Waals surface area (Å²) in [7, 11) is -3.86. The van der Waals surface area contributed by atoms with Crippen LogP contribution in [0.15, 0.2) is 42.5 Å². The molecule has 36 heavy (non-hydrogen) atoms. The number of benzene rings is 2. The van der Waals surface area contributed by atoms with Gasteiger partial charge < -0.3 is 10.2 Å². The number of rotatable bonds is 9. The monoisotopic (exact) mass is 537 g/mol. The van der Waals surface area contributed by atoms with Crippen LogP contribution in [-0.4, -0.2) is 50.0 Å². The molecule has 1 saturated carbocycles. The summed E-state index contributed by atoms with van der Waals surface area (Å²) in [5.74, 6) is -1.28. The van der Waals surface area contributed by atoms with E-state index in [1.54, 1.807) is 26.0 Å². The molecule has 1 N–H and O–H groups in total. The van der Waals surface area contributed by atoms with Crippen LogP contribution >= 0.6 is 11.6 Å². The summed E-state index contributed by atoms with van der Waals surface area (Å²) in [5.41, 5.74) is 1.54. The van der Waals surface area contributed by atoms with Crippen molar-refractivity contribution in [2.24, 2.45) is 0 Å². The summed E-state index contributed by atoms with van der Waals surface area (Å²) in [4.78, 5) is 28.1. The third-order valence-electron chi connectivity index (χ3n) is 6.50. The quantitative estimate of drug-likeness (QED) is 0.513. The molecule has 2 amide bonds. The van der Waals surface area contributed by atoms with Crippen molar-refractivity contribution in [2.45, 2.75) is 64.6 Å². The van der Waals surface area contributed by atoms with E-state index in [2.05, 4.69) is 5.32 Å². The van der Waals surface area contributed by atoms with E-state index in [9.17, 15) is 22.4 Å². The smallest absolute Gasteiger partial charge is 0.244 e. The van der Waals surface area contributed by atoms with Crippen LogP contribution in [0.5, 0.6) is 0 Å². The molecule has 0 bridgehead atoms. The SMILES string of the molecule is Cc1ccc(Cl)cc1N(CC(=O)N(Cc1ccc(F)cc1)C(C)C(=O)NC1CCCCC1)S(C)(=O)=O. The van der Waals surface area contributed by atoms with Gasteiger partial charge in [-0.2, -0.15) is 0 Å². The van der Waals surface area contributed by atoms with Gasteiger partial charge in [0.25, 0.3) is 0 Å². The molecule has 7 nitrogen and oxygen atoms in total. The Labute approximate surface area is 217 Å². The Morgan fingerprint density at radius 2 is 1.75 bits per heavy atom. The minimum absolute atomic E-state index is 0.0183. The molecule has 0 heterocycles. The molecule has 0 aromatic heterocycles. The standard InChI is InChI=1S/C26H33ClFN3O4S/c1-18-9-12-21(27)15-24(18)31(36(3,34)35)17-25(32)30(16-20-10-13-22(28)14-11-20)19(2)26(33)29-23-7-5-4-6-8-23/h9-15,19,23H,4-8,16-17H2,1-3H3,(H,29,33). The fourth-order valence-corrected chi connectivity index (χ4v) is 5.45. The van der Waals surface area contributed by atoms with Crippen LogP contribution in [0.1, 0.15) is 50.2 Å². The predicted molar refractivity (Wildman–Crippen MR) is 140 cm³/mol. The average Bonchev–Trinajstić information content (AvgIpc) is 2.83. The van der Waals surface area contributed by atoms with Crippen LogP contribution in [0.2, 0.25) is 5.02 Å². The summed E-state index contributed by atoms with van der Waals surface area (Å²) in [6.45, 7) is 2.85. The normalized spacial score (nSPS) is 15.2. The lowest BCUT2D eigenvalue weighted by atomic mass is 9.95. The third kappa shape index (κ3) is 7.43. The number of amides is 2. The molecule has 0 spiro atoms. The second-order valence-corrected chi connectivity index (χ2v) is 11.7. The van der Waals surface area contributed by atoms with Crippen LogP contribution in [0, 0.1) is 12.7 Å². The van der Waals surface area contributed by atoms with Crippen LogP contribution in [-0.2, 0) is 26.2 Å². The van der Waals surface area contributed by atoms with E-state index in [4.69, 9.17) is 11.6 Å². The zero-order chi connectivity index (χ0) is 26.5. The first-order valence-corrected chi connectivity index (χ1v) is 14.3. The number of anilines is 1. The summed E-state index contributed by atoms with van der Waals surface area (Å²) in [6, 6.07) is 9.64. The van der Waals surface area contributed by atoms with Crippen molar-refractivity contribution in [1.29, 1.82) is 0 Å². The van der Waals surface area contributed by atoms with E-state index in [1.165, 1.54) is 35.2 Å². The van der Waals surface area contributed by atoms with Gasteiger partial charge in [0.05, 0.1) is 11.9 Å². The molecule has 1 fully saturated rings. The zero-order valence-corrected chi connectivity index (χ0v) is 22.4. The van der Waals surface area contributed by atoms with Crippen LogP contribution in [0.25, 0.3) is 0 Å². The van der Waals surface area contributed by atoms with E-state index >= 15 is 0 Å². The topological polar surface area (TPSA) is 86.8 Å². The molecule has 196 valence electrons. The molecule has 3 rings (SSSR count). The average molecular weight is 538 g/mol. The Bertz CT molecular complexity index is 1180. The highest BCUT2D eigenvalue weighted by Gasteiger charge is 2.31. The Morgan fingerprint density at radius 3 is 2.36 bits per heavy atom. The van der Waals surface area contributed by atoms with Crippen molar-refractivity contribution in [3.63, 3.8) is 0 Å². The first-order valence-electron chi connectivity index (χ1n) is 12.0. The minimum Gasteiger partial charge on any atom is -0.352 e. The fraction of sp³-hybridized carbons (Fsp3) is 0.462. The summed E-state index contributed by atoms with van der Waals surface area (Å²) < 4.78 is 39.9. The Morgan fingerprint density at radius 1 is 1.11 bits per heavy atom. The van der Waals surface area contributed by atoms with E-state index in [0.29, 0.717) is 21.8 Å². The number of nitrogens with zero attached hydrogens (tertiary/aromatic N) is 2. The summed E-state index contributed by atoms with van der Waals surface area (Å²) >= 11 is 6.11. The Hall–Kier alpha value is -2.65. The molecular formula is C26H33ClFN3O4S. The third-order valence-corrected chi connectivity index (χ3v) is 7.87. The van der Waals surface area contributed by atoms with Crippen molar-refractivity contribution >= 4 is 39.1 Å². The van der Waals surface area contributed by atoms with Gasteiger partial charge in [-0.3, -0.25) is 13.9 Å². The van der Waals surface area contributed by atoms with E-state index in [1.807, 2.05) is 0 Å². The van der Waals surface area contributed by atoms with Gasteiger partial charge in [0.15, 0.2) is 0 Å². The number of carbonyl (C=O) groups excluding carboxylic acids is 2. The summed E-state index contributed by atoms with van der Waals surface area (Å²) in [5, 5.41) is 3.37. The fourth-order valence-electron chi connectivity index (χ4n) is 4.38. The largest absolute Gasteiger partial charge is 0.352 e. The number of aryl methyl sites for hydroxylation is 1. The lowest BCUT2D eigenvalue weighted by molar-refractivity contribution is -0.139. The van der Waals surface area contributed by atoms with Crippen molar-refractivity contribution in [3.8, 4) is 0 Å². The first kappa shape index (κ1) is 27.9. The minimum atomic E-state index is -3.86. The maximum Gasteiger partial charge on any atom is 0.244 e. The van der Waals surface area contributed by atoms with Gasteiger partial charge in [0.2, 0.25) is 21.8 Å². The lowest BCUT2D eigenvalue weighted by Gasteiger charge is -2.33. The van der Waals surface area contributed by atoms with E-state index in [0.717, 1.165) is 42.7 Å². The highest BCUT2D eigenvalue weighted by molar-refractivity contribution is 7.92. The Kier molecular flexibility index (Phi) is 9.35. The van der Waals surface area contributed by atoms with Gasteiger partial charge in [-0.15, -0.1) is 0 Å². The van der Waals surface area contributed by atoms with Crippen molar-refractivity contribution in [2.75, 3.05) is 17.1 Å². The molecule has 0 saturated heterocycles. The molecule has 1 atom stereocenters. The predicted octanol–water partition coefficient (Wildman–Crippen LogP) is 4.42. The summed E-state index contributed by atoms with van der Waals surface area (Å²) in [6.07, 6.45) is 6.02. The van der Waals surface area contributed by atoms with Gasteiger partial charge in [-0.25, -0.2) is 12.8 Å². The van der Waals surface area contributed by atoms with Gasteiger partial charge in [-0.1, -0.05) is 49.1 Å². The van der Waals surface area contributed by atoms with Gasteiger partial charge in [-0.05, 0) is 62.1 Å². The van der Waals surface area contributed by atoms with Crippen molar-refractivity contribution in [3.05, 3.63) is 64.4 Å². The maximum absolute atomic E-state index is 13.6. The molecule has 0 aliphatic heterocycles. The van der Waals surface area contributed by atoms with Gasteiger partial charge >= 0.3 is 0 Å². The molecule has 2 aromatic carbocycles. The van der Waals surface area contributed by atoms with E-state index < -0.39 is 34.3 Å². The second kappa shape index (κ2) is 12.1. The second-order valence-electron chi connectivity index (χ2n) is 9.37. The molecule has 1 aliphatic rings. The molecule has 2 aromatic rings. The lowest BCUT2D eigenvalue weighted by Crippen LogP contribution is -2.53. The maximum atomic E-state index is 13.6. The molecule has 1 aliphatic carbocycles. The number of carbonyl (C=O) groups is 2. The highest BCUT2D eigenvalue weighted by atomic mass is 35.5. The van der Waals surface area contributed by atoms with Crippen molar-refractivity contribution in [1.82, 2.24) is 10.2 Å². The number of hydrogen-bond donors (Lipinski definition) is 1. The Balaban J connectivity index is 1.89. The van der Waals surface area contributed by atoms with Crippen LogP contribution in [0.3, 0.4) is 0 Å². The number of hydrogen-bond acceptors (Lipinski definition) is 4. The zero-order valence-electron chi connectivity index (χ0n) is 20.8. The van der Waals surface area contributed by atoms with Crippen LogP contribution in [0.4, 0.5) is 10.1 Å². The van der Waals surface area contributed by atoms with Gasteiger partial charge in [0.1, 0.15) is 18.4 Å². The molecule has 10 heteroatoms. The molecule has 1 unspecified atom stereocenters. The molecular weight excluding hydrogens is 505 g/mol. The van der Waals surface area contributed by atoms with Gasteiger partial charge in [0, 0.05) is 17.6 Å². The molecule has 0 radical (unpaired) electrons. The highest BCUT2D eigenvalue weighted by Crippen LogP contribution is 2.27. The van der Waals surface area contributed by atoms with E-state index in [-0.39, 0.29) is 18.5 Å². The number of sulfonamides is 1.